The van der Waals surface area contributed by atoms with E-state index in [1.54, 1.807) is 6.92 Å². The monoisotopic (exact) mass is 455 g/mol. The predicted octanol–water partition coefficient (Wildman–Crippen LogP) is 4.55. The molecule has 32 heavy (non-hydrogen) atoms. The zero-order valence-electron chi connectivity index (χ0n) is 18.6. The lowest BCUT2D eigenvalue weighted by Gasteiger charge is -2.30. The quantitative estimate of drug-likeness (QED) is 0.558. The molecule has 0 bridgehead atoms. The van der Waals surface area contributed by atoms with E-state index in [4.69, 9.17) is 14.7 Å². The summed E-state index contributed by atoms with van der Waals surface area (Å²) in [6.45, 7) is 6.87. The van der Waals surface area contributed by atoms with E-state index in [0.29, 0.717) is 23.6 Å². The van der Waals surface area contributed by atoms with Crippen LogP contribution in [0.5, 0.6) is 5.75 Å². The van der Waals surface area contributed by atoms with Gasteiger partial charge < -0.3 is 19.7 Å². The average molecular weight is 456 g/mol. The maximum atomic E-state index is 12.9. The van der Waals surface area contributed by atoms with Gasteiger partial charge in [0, 0.05) is 29.8 Å². The Balaban J connectivity index is 1.76. The minimum atomic E-state index is -0.445. The van der Waals surface area contributed by atoms with Gasteiger partial charge in [-0.3, -0.25) is 4.79 Å². The Hall–Kier alpha value is -2.89. The number of nitrogens with one attached hydrogen (secondary N) is 1. The topological polar surface area (TPSA) is 91.7 Å². The molecule has 8 heteroatoms. The van der Waals surface area contributed by atoms with Gasteiger partial charge in [-0.15, -0.1) is 11.3 Å². The second-order valence-corrected chi connectivity index (χ2v) is 8.42. The molecule has 7 nitrogen and oxygen atoms in total. The molecule has 0 radical (unpaired) electrons. The fraction of sp³-hybridized carbons (Fsp3) is 0.458. The minimum Gasteiger partial charge on any atom is -0.494 e. The molecular weight excluding hydrogens is 426 g/mol. The molecule has 0 saturated carbocycles. The Labute approximate surface area is 192 Å². The zero-order valence-corrected chi connectivity index (χ0v) is 19.4. The summed E-state index contributed by atoms with van der Waals surface area (Å²) in [5.41, 5.74) is 1.98. The van der Waals surface area contributed by atoms with E-state index >= 15 is 0 Å². The van der Waals surface area contributed by atoms with Crippen LogP contribution in [0.15, 0.2) is 29.6 Å². The van der Waals surface area contributed by atoms with Crippen molar-refractivity contribution in [3.8, 4) is 22.9 Å². The van der Waals surface area contributed by atoms with Crippen LogP contribution in [0.2, 0.25) is 0 Å². The summed E-state index contributed by atoms with van der Waals surface area (Å²) < 4.78 is 10.8. The summed E-state index contributed by atoms with van der Waals surface area (Å²) in [4.78, 5) is 27.9. The first-order valence-corrected chi connectivity index (χ1v) is 11.9. The number of hydrogen-bond donors (Lipinski definition) is 1. The van der Waals surface area contributed by atoms with Crippen LogP contribution < -0.4 is 10.1 Å². The van der Waals surface area contributed by atoms with Gasteiger partial charge in [0.1, 0.15) is 16.3 Å². The zero-order chi connectivity index (χ0) is 22.9. The second kappa shape index (κ2) is 11.7. The number of benzene rings is 1. The molecular formula is C24H29N3O4S. The van der Waals surface area contributed by atoms with Crippen LogP contribution in [-0.4, -0.2) is 49.6 Å². The maximum Gasteiger partial charge on any atom is 0.341 e. The molecule has 1 N–H and O–H groups in total. The highest BCUT2D eigenvalue weighted by Gasteiger charge is 2.28. The number of likely N-dealkylation sites (tertiary alicyclic amines) is 1. The number of hydrogen-bond acceptors (Lipinski definition) is 7. The lowest BCUT2D eigenvalue weighted by Crippen LogP contribution is -2.38. The highest BCUT2D eigenvalue weighted by molar-refractivity contribution is 7.15. The molecule has 2 aromatic rings. The predicted molar refractivity (Wildman–Crippen MR) is 125 cm³/mol. The minimum absolute atomic E-state index is 0.0735. The van der Waals surface area contributed by atoms with Gasteiger partial charge in [-0.2, -0.15) is 5.26 Å². The summed E-state index contributed by atoms with van der Waals surface area (Å²) >= 11 is 1.33. The van der Waals surface area contributed by atoms with Crippen molar-refractivity contribution in [3.05, 3.63) is 35.2 Å². The van der Waals surface area contributed by atoms with Crippen LogP contribution in [-0.2, 0) is 9.53 Å². The molecule has 170 valence electrons. The van der Waals surface area contributed by atoms with E-state index < -0.39 is 5.97 Å². The number of thiophene rings is 1. The number of carbonyl (C=O) groups is 2. The summed E-state index contributed by atoms with van der Waals surface area (Å²) in [6.07, 6.45) is 1.98. The number of rotatable bonds is 9. The van der Waals surface area contributed by atoms with Gasteiger partial charge in [-0.25, -0.2) is 4.79 Å². The Morgan fingerprint density at radius 3 is 2.53 bits per heavy atom. The summed E-state index contributed by atoms with van der Waals surface area (Å²) in [7, 11) is 0. The number of esters is 1. The molecule has 1 aliphatic heterocycles. The Morgan fingerprint density at radius 2 is 1.91 bits per heavy atom. The Bertz CT molecular complexity index is 957. The van der Waals surface area contributed by atoms with Gasteiger partial charge in [-0.1, -0.05) is 12.1 Å². The first-order valence-electron chi connectivity index (χ1n) is 11.0. The number of ether oxygens (including phenoxy) is 2. The number of piperidine rings is 1. The van der Waals surface area contributed by atoms with Gasteiger partial charge in [0.15, 0.2) is 0 Å². The number of carbonyl (C=O) groups excluding carboxylic acids is 2. The van der Waals surface area contributed by atoms with Crippen LogP contribution >= 0.6 is 11.3 Å². The third-order valence-corrected chi connectivity index (χ3v) is 6.38. The lowest BCUT2D eigenvalue weighted by molar-refractivity contribution is -0.121. The van der Waals surface area contributed by atoms with Crippen LogP contribution in [0, 0.1) is 17.2 Å². The molecule has 0 atom stereocenters. The first-order chi connectivity index (χ1) is 15.6. The van der Waals surface area contributed by atoms with Crippen molar-refractivity contribution in [1.82, 2.24) is 4.90 Å². The number of amides is 1. The molecule has 0 unspecified atom stereocenters. The van der Waals surface area contributed by atoms with Gasteiger partial charge in [0.2, 0.25) is 5.91 Å². The Kier molecular flexibility index (Phi) is 8.65. The van der Waals surface area contributed by atoms with Crippen molar-refractivity contribution in [3.63, 3.8) is 0 Å². The molecule has 1 aromatic carbocycles. The number of anilines is 1. The van der Waals surface area contributed by atoms with Crippen LogP contribution in [0.25, 0.3) is 11.1 Å². The van der Waals surface area contributed by atoms with Crippen LogP contribution in [0.1, 0.15) is 43.5 Å². The largest absolute Gasteiger partial charge is 0.494 e. The van der Waals surface area contributed by atoms with E-state index in [1.165, 1.54) is 11.3 Å². The van der Waals surface area contributed by atoms with Gasteiger partial charge in [0.25, 0.3) is 0 Å². The molecule has 1 aliphatic rings. The van der Waals surface area contributed by atoms with Crippen LogP contribution in [0.3, 0.4) is 0 Å². The van der Waals surface area contributed by atoms with Crippen molar-refractivity contribution in [2.24, 2.45) is 5.92 Å². The smallest absolute Gasteiger partial charge is 0.341 e. The molecule has 1 amide bonds. The summed E-state index contributed by atoms with van der Waals surface area (Å²) in [5, 5.41) is 14.1. The van der Waals surface area contributed by atoms with Crippen molar-refractivity contribution >= 4 is 28.2 Å². The van der Waals surface area contributed by atoms with E-state index in [0.717, 1.165) is 49.4 Å². The third-order valence-electron chi connectivity index (χ3n) is 5.48. The van der Waals surface area contributed by atoms with Crippen molar-refractivity contribution < 1.29 is 19.1 Å². The molecule has 1 aromatic heterocycles. The highest BCUT2D eigenvalue weighted by Crippen LogP contribution is 2.37. The Morgan fingerprint density at radius 1 is 1.19 bits per heavy atom. The highest BCUT2D eigenvalue weighted by atomic mass is 32.1. The summed E-state index contributed by atoms with van der Waals surface area (Å²) in [5.74, 6) is 0.132. The van der Waals surface area contributed by atoms with Crippen molar-refractivity contribution in [2.45, 2.75) is 33.1 Å². The first kappa shape index (κ1) is 23.8. The van der Waals surface area contributed by atoms with Crippen molar-refractivity contribution in [2.75, 3.05) is 38.2 Å². The number of nitriles is 1. The normalized spacial score (nSPS) is 14.5. The molecule has 0 aliphatic carbocycles. The van der Waals surface area contributed by atoms with E-state index in [1.807, 2.05) is 36.6 Å². The van der Waals surface area contributed by atoms with Crippen LogP contribution in [0.4, 0.5) is 5.00 Å². The second-order valence-electron chi connectivity index (χ2n) is 7.54. The maximum absolute atomic E-state index is 12.9. The molecule has 3 rings (SSSR count). The standard InChI is InChI=1S/C24H29N3O4S/c1-3-30-19-8-6-17(7-9-19)20-16-32-23(21(20)24(29)31-4-2)26-22(28)18-10-14-27(15-11-18)13-5-12-25/h6-9,16,18H,3-5,10-11,13-15H2,1-2H3,(H,26,28). The van der Waals surface area contributed by atoms with Gasteiger partial charge in [0.05, 0.1) is 19.3 Å². The van der Waals surface area contributed by atoms with E-state index in [-0.39, 0.29) is 18.4 Å². The molecule has 2 heterocycles. The fourth-order valence-corrected chi connectivity index (χ4v) is 4.77. The fourth-order valence-electron chi connectivity index (χ4n) is 3.81. The third kappa shape index (κ3) is 5.87. The number of nitrogens with zero attached hydrogens (tertiary/aromatic N) is 2. The molecule has 1 saturated heterocycles. The summed E-state index contributed by atoms with van der Waals surface area (Å²) in [6, 6.07) is 9.70. The van der Waals surface area contributed by atoms with Gasteiger partial charge in [-0.05, 0) is 57.5 Å². The van der Waals surface area contributed by atoms with E-state index in [2.05, 4.69) is 16.3 Å². The van der Waals surface area contributed by atoms with Gasteiger partial charge >= 0.3 is 5.97 Å². The SMILES string of the molecule is CCOC(=O)c1c(-c2ccc(OCC)cc2)csc1NC(=O)C1CCN(CCC#N)CC1. The molecule has 0 spiro atoms. The molecule has 1 fully saturated rings. The van der Waals surface area contributed by atoms with E-state index in [9.17, 15) is 9.59 Å². The lowest BCUT2D eigenvalue weighted by atomic mass is 9.95. The average Bonchev–Trinajstić information content (AvgIpc) is 3.22. The van der Waals surface area contributed by atoms with Crippen molar-refractivity contribution in [1.29, 1.82) is 5.26 Å².